The molecular weight excluding hydrogens is 649 g/mol. The van der Waals surface area contributed by atoms with Crippen LogP contribution in [0.15, 0.2) is 174 Å². The highest BCUT2D eigenvalue weighted by atomic mass is 16.3. The Bertz CT molecular complexity index is 3450. The maximum absolute atomic E-state index is 6.51. The molecule has 4 heterocycles. The molecule has 0 atom stereocenters. The maximum Gasteiger partial charge on any atom is 0.235 e. The molecule has 4 aromatic heterocycles. The average molecular weight is 677 g/mol. The maximum atomic E-state index is 6.51. The molecule has 0 aliphatic carbocycles. The number of nitrogens with zero attached hydrogens (tertiary/aromatic N) is 4. The van der Waals surface area contributed by atoms with Gasteiger partial charge in [-0.2, -0.15) is 0 Å². The van der Waals surface area contributed by atoms with Gasteiger partial charge in [0.15, 0.2) is 0 Å². The topological polar surface area (TPSA) is 48.8 Å². The van der Waals surface area contributed by atoms with Gasteiger partial charge < -0.3 is 8.98 Å². The van der Waals surface area contributed by atoms with Gasteiger partial charge in [-0.1, -0.05) is 127 Å². The summed E-state index contributed by atoms with van der Waals surface area (Å²) >= 11 is 0. The predicted octanol–water partition coefficient (Wildman–Crippen LogP) is 12.5. The molecule has 12 rings (SSSR count). The second-order valence-electron chi connectivity index (χ2n) is 13.8. The summed E-state index contributed by atoms with van der Waals surface area (Å²) in [4.78, 5) is 10.8. The van der Waals surface area contributed by atoms with Crippen molar-refractivity contribution in [2.24, 2.45) is 0 Å². The highest BCUT2D eigenvalue weighted by molar-refractivity contribution is 6.28. The zero-order chi connectivity index (χ0) is 34.6. The molecule has 246 valence electrons. The molecule has 0 saturated heterocycles. The second-order valence-corrected chi connectivity index (χ2v) is 13.8. The third kappa shape index (κ3) is 3.96. The van der Waals surface area contributed by atoms with Gasteiger partial charge in [-0.15, -0.1) is 0 Å². The van der Waals surface area contributed by atoms with Crippen LogP contribution in [0.2, 0.25) is 0 Å². The van der Waals surface area contributed by atoms with Gasteiger partial charge >= 0.3 is 0 Å². The van der Waals surface area contributed by atoms with Gasteiger partial charge in [-0.25, -0.2) is 9.97 Å². The minimum atomic E-state index is 0.618. The van der Waals surface area contributed by atoms with Crippen molar-refractivity contribution in [1.82, 2.24) is 19.1 Å². The van der Waals surface area contributed by atoms with Gasteiger partial charge in [0.2, 0.25) is 5.95 Å². The molecule has 0 saturated carbocycles. The quantitative estimate of drug-likeness (QED) is 0.187. The summed E-state index contributed by atoms with van der Waals surface area (Å²) in [6.45, 7) is 0. The lowest BCUT2D eigenvalue weighted by Crippen LogP contribution is -2.03. The fourth-order valence-corrected chi connectivity index (χ4v) is 8.62. The first-order valence-corrected chi connectivity index (χ1v) is 17.9. The number of fused-ring (bicyclic) bond motifs is 12. The molecule has 8 aromatic carbocycles. The molecule has 0 spiro atoms. The summed E-state index contributed by atoms with van der Waals surface area (Å²) in [6, 6.07) is 60.0. The van der Waals surface area contributed by atoms with Crippen molar-refractivity contribution in [3.05, 3.63) is 170 Å². The van der Waals surface area contributed by atoms with Crippen molar-refractivity contribution >= 4 is 87.2 Å². The van der Waals surface area contributed by atoms with Crippen molar-refractivity contribution in [2.75, 3.05) is 0 Å². The van der Waals surface area contributed by atoms with Crippen LogP contribution >= 0.6 is 0 Å². The Balaban J connectivity index is 1.30. The number of hydrogen-bond acceptors (Lipinski definition) is 3. The monoisotopic (exact) mass is 676 g/mol. The molecule has 12 aromatic rings. The van der Waals surface area contributed by atoms with Crippen molar-refractivity contribution in [2.45, 2.75) is 0 Å². The summed E-state index contributed by atoms with van der Waals surface area (Å²) in [5, 5.41) is 10.2. The Morgan fingerprint density at radius 2 is 1.15 bits per heavy atom. The minimum Gasteiger partial charge on any atom is -0.456 e. The third-order valence-electron chi connectivity index (χ3n) is 10.9. The summed E-state index contributed by atoms with van der Waals surface area (Å²) < 4.78 is 11.2. The number of para-hydroxylation sites is 3. The summed E-state index contributed by atoms with van der Waals surface area (Å²) in [6.07, 6.45) is 0. The minimum absolute atomic E-state index is 0.618. The van der Waals surface area contributed by atoms with Crippen molar-refractivity contribution in [3.63, 3.8) is 0 Å². The lowest BCUT2D eigenvalue weighted by atomic mass is 10.1. The van der Waals surface area contributed by atoms with Crippen molar-refractivity contribution in [1.29, 1.82) is 0 Å². The van der Waals surface area contributed by atoms with Crippen LogP contribution in [-0.4, -0.2) is 19.1 Å². The average Bonchev–Trinajstić information content (AvgIpc) is 3.86. The smallest absolute Gasteiger partial charge is 0.235 e. The molecule has 5 nitrogen and oxygen atoms in total. The van der Waals surface area contributed by atoms with Crippen LogP contribution in [0.4, 0.5) is 0 Å². The molecular formula is C48H28N4O. The summed E-state index contributed by atoms with van der Waals surface area (Å²) in [7, 11) is 0. The Kier molecular flexibility index (Phi) is 5.71. The van der Waals surface area contributed by atoms with Crippen LogP contribution in [0, 0.1) is 0 Å². The summed E-state index contributed by atoms with van der Waals surface area (Å²) in [5.41, 5.74) is 10.0. The van der Waals surface area contributed by atoms with Crippen LogP contribution in [-0.2, 0) is 0 Å². The molecule has 0 unspecified atom stereocenters. The Labute approximate surface area is 302 Å². The molecule has 0 fully saturated rings. The standard InChI is InChI=1S/C48H28N4O/c1-2-14-30(15-3-1)46-34-19-6-9-21-38(34)49-48(50-46)52-42-28-44-37(32-18-8-11-24-43(32)53-44)27-36(42)33-25-26-41-45(47(33)52)35-20-7-10-22-40(35)51(41)39-23-12-16-29-13-4-5-17-31(29)39/h1-28H. The second kappa shape index (κ2) is 10.6. The van der Waals surface area contributed by atoms with E-state index in [2.05, 4.69) is 155 Å². The van der Waals surface area contributed by atoms with Gasteiger partial charge in [-0.3, -0.25) is 4.57 Å². The van der Waals surface area contributed by atoms with E-state index in [9.17, 15) is 0 Å². The van der Waals surface area contributed by atoms with E-state index in [-0.39, 0.29) is 0 Å². The SMILES string of the molecule is c1ccc(-c2nc(-n3c4cc5oc6ccccc6c5cc4c4ccc5c(c6ccccc6n5-c5cccc6ccccc56)c43)nc3ccccc23)cc1. The van der Waals surface area contributed by atoms with E-state index in [1.54, 1.807) is 0 Å². The van der Waals surface area contributed by atoms with E-state index in [0.29, 0.717) is 5.95 Å². The van der Waals surface area contributed by atoms with E-state index in [4.69, 9.17) is 14.4 Å². The number of hydrogen-bond donors (Lipinski definition) is 0. The van der Waals surface area contributed by atoms with E-state index in [1.807, 2.05) is 24.3 Å². The lowest BCUT2D eigenvalue weighted by molar-refractivity contribution is 0.669. The fourth-order valence-electron chi connectivity index (χ4n) is 8.62. The number of benzene rings is 8. The zero-order valence-electron chi connectivity index (χ0n) is 28.4. The Hall–Kier alpha value is -7.24. The zero-order valence-corrected chi connectivity index (χ0v) is 28.4. The molecule has 0 amide bonds. The largest absolute Gasteiger partial charge is 0.456 e. The normalized spacial score (nSPS) is 12.2. The molecule has 0 aliphatic rings. The van der Waals surface area contributed by atoms with Crippen molar-refractivity contribution in [3.8, 4) is 22.9 Å². The molecule has 0 N–H and O–H groups in total. The van der Waals surface area contributed by atoms with Gasteiger partial charge in [0.25, 0.3) is 0 Å². The molecule has 0 radical (unpaired) electrons. The van der Waals surface area contributed by atoms with Crippen molar-refractivity contribution < 1.29 is 4.42 Å². The van der Waals surface area contributed by atoms with Crippen LogP contribution in [0.25, 0.3) is 110 Å². The van der Waals surface area contributed by atoms with Crippen LogP contribution in [0.1, 0.15) is 0 Å². The first kappa shape index (κ1) is 28.5. The highest BCUT2D eigenvalue weighted by Crippen LogP contribution is 2.44. The Morgan fingerprint density at radius 3 is 2.06 bits per heavy atom. The fraction of sp³-hybridized carbons (Fsp3) is 0. The Morgan fingerprint density at radius 1 is 0.415 bits per heavy atom. The number of rotatable bonds is 3. The first-order chi connectivity index (χ1) is 26.3. The third-order valence-corrected chi connectivity index (χ3v) is 10.9. The van der Waals surface area contributed by atoms with Gasteiger partial charge in [-0.05, 0) is 41.8 Å². The van der Waals surface area contributed by atoms with E-state index >= 15 is 0 Å². The molecule has 0 bridgehead atoms. The van der Waals surface area contributed by atoms with Crippen LogP contribution in [0.5, 0.6) is 0 Å². The van der Waals surface area contributed by atoms with Gasteiger partial charge in [0, 0.05) is 54.7 Å². The van der Waals surface area contributed by atoms with E-state index in [1.165, 1.54) is 16.2 Å². The van der Waals surface area contributed by atoms with Gasteiger partial charge in [0.05, 0.1) is 39.0 Å². The number of aromatic nitrogens is 4. The van der Waals surface area contributed by atoms with E-state index in [0.717, 1.165) is 88.0 Å². The highest BCUT2D eigenvalue weighted by Gasteiger charge is 2.24. The molecule has 0 aliphatic heterocycles. The van der Waals surface area contributed by atoms with E-state index < -0.39 is 0 Å². The number of furan rings is 1. The summed E-state index contributed by atoms with van der Waals surface area (Å²) in [5.74, 6) is 0.618. The van der Waals surface area contributed by atoms with Gasteiger partial charge in [0.1, 0.15) is 11.2 Å². The molecule has 53 heavy (non-hydrogen) atoms. The van der Waals surface area contributed by atoms with Crippen LogP contribution in [0.3, 0.4) is 0 Å². The molecule has 5 heteroatoms. The lowest BCUT2D eigenvalue weighted by Gasteiger charge is -2.13. The predicted molar refractivity (Wildman–Crippen MR) is 218 cm³/mol. The first-order valence-electron chi connectivity index (χ1n) is 17.9. The van der Waals surface area contributed by atoms with Crippen LogP contribution < -0.4 is 0 Å².